The van der Waals surface area contributed by atoms with Crippen molar-refractivity contribution in [1.29, 1.82) is 5.41 Å². The number of hydrogen-bond donors (Lipinski definition) is 2. The maximum atomic E-state index is 12.2. The lowest BCUT2D eigenvalue weighted by molar-refractivity contribution is -0.116. The van der Waals surface area contributed by atoms with E-state index in [1.54, 1.807) is 0 Å². The molecule has 0 aromatic rings. The minimum atomic E-state index is -0.433. The summed E-state index contributed by atoms with van der Waals surface area (Å²) in [6, 6.07) is 0. The van der Waals surface area contributed by atoms with Crippen LogP contribution in [0.25, 0.3) is 0 Å². The summed E-state index contributed by atoms with van der Waals surface area (Å²) >= 11 is 0. The van der Waals surface area contributed by atoms with E-state index in [-0.39, 0.29) is 24.3 Å². The number of hydrogen-bond acceptors (Lipinski definition) is 3. The first-order valence-electron chi connectivity index (χ1n) is 9.56. The third-order valence-corrected chi connectivity index (χ3v) is 6.49. The van der Waals surface area contributed by atoms with E-state index in [4.69, 9.17) is 5.41 Å². The molecule has 2 aliphatic rings. The summed E-state index contributed by atoms with van der Waals surface area (Å²) in [5.74, 6) is 0.696. The molecular formula is C20H34N2O2. The highest BCUT2D eigenvalue weighted by molar-refractivity contribution is 6.07. The van der Waals surface area contributed by atoms with E-state index in [2.05, 4.69) is 18.8 Å². The van der Waals surface area contributed by atoms with Gasteiger partial charge in [-0.05, 0) is 32.1 Å². The van der Waals surface area contributed by atoms with Gasteiger partial charge in [0.25, 0.3) is 5.91 Å². The van der Waals surface area contributed by atoms with E-state index in [1.807, 2.05) is 6.92 Å². The molecule has 4 heteroatoms. The second kappa shape index (κ2) is 7.90. The molecule has 2 aliphatic carbocycles. The second-order valence-corrected chi connectivity index (χ2v) is 8.61. The lowest BCUT2D eigenvalue weighted by Crippen LogP contribution is -2.41. The zero-order valence-corrected chi connectivity index (χ0v) is 15.7. The first kappa shape index (κ1) is 19.3. The van der Waals surface area contributed by atoms with Crippen LogP contribution in [0, 0.1) is 22.2 Å². The van der Waals surface area contributed by atoms with Gasteiger partial charge in [-0.1, -0.05) is 52.4 Å². The van der Waals surface area contributed by atoms with Gasteiger partial charge in [-0.2, -0.15) is 0 Å². The Balaban J connectivity index is 1.83. The fourth-order valence-corrected chi connectivity index (χ4v) is 3.67. The monoisotopic (exact) mass is 334 g/mol. The molecule has 2 fully saturated rings. The molecule has 0 bridgehead atoms. The molecule has 0 aliphatic heterocycles. The zero-order chi connectivity index (χ0) is 17.8. The molecule has 0 unspecified atom stereocenters. The van der Waals surface area contributed by atoms with E-state index in [0.29, 0.717) is 5.71 Å². The standard InChI is InChI=1S/C20H34N2O2/c1-15(19(2,3)10-5-9-16-7-4-8-16)22-18(24)13-17(21)20(14-23)11-6-12-20/h16,21,23H,4-14H2,1-3H3. The van der Waals surface area contributed by atoms with Crippen molar-refractivity contribution in [3.8, 4) is 0 Å². The van der Waals surface area contributed by atoms with Crippen molar-refractivity contribution < 1.29 is 9.90 Å². The van der Waals surface area contributed by atoms with Gasteiger partial charge >= 0.3 is 0 Å². The van der Waals surface area contributed by atoms with Crippen molar-refractivity contribution in [1.82, 2.24) is 0 Å². The van der Waals surface area contributed by atoms with Gasteiger partial charge in [-0.15, -0.1) is 0 Å². The molecule has 0 aromatic carbocycles. The van der Waals surface area contributed by atoms with Crippen LogP contribution in [0.5, 0.6) is 0 Å². The summed E-state index contributed by atoms with van der Waals surface area (Å²) in [4.78, 5) is 16.5. The predicted octanol–water partition coefficient (Wildman–Crippen LogP) is 4.54. The maximum Gasteiger partial charge on any atom is 0.251 e. The maximum absolute atomic E-state index is 12.2. The Morgan fingerprint density at radius 1 is 1.29 bits per heavy atom. The molecule has 136 valence electrons. The number of carbonyl (C=O) groups is 1. The number of carbonyl (C=O) groups excluding carboxylic acids is 1. The Bertz CT molecular complexity index is 494. The summed E-state index contributed by atoms with van der Waals surface area (Å²) in [6.07, 6.45) is 10.5. The molecule has 4 nitrogen and oxygen atoms in total. The Hall–Kier alpha value is -1.03. The lowest BCUT2D eigenvalue weighted by Gasteiger charge is -2.40. The Morgan fingerprint density at radius 2 is 1.96 bits per heavy atom. The van der Waals surface area contributed by atoms with Crippen LogP contribution in [0.1, 0.15) is 85.0 Å². The van der Waals surface area contributed by atoms with Crippen LogP contribution in [0.4, 0.5) is 0 Å². The minimum absolute atomic E-state index is 0.0194. The average molecular weight is 335 g/mol. The van der Waals surface area contributed by atoms with Gasteiger partial charge in [0.05, 0.1) is 13.0 Å². The number of nitrogens with zero attached hydrogens (tertiary/aromatic N) is 1. The van der Waals surface area contributed by atoms with Crippen molar-refractivity contribution in [3.63, 3.8) is 0 Å². The van der Waals surface area contributed by atoms with E-state index >= 15 is 0 Å². The number of aliphatic hydroxyl groups excluding tert-OH is 1. The highest BCUT2D eigenvalue weighted by Gasteiger charge is 2.41. The van der Waals surface area contributed by atoms with Crippen LogP contribution >= 0.6 is 0 Å². The van der Waals surface area contributed by atoms with E-state index in [9.17, 15) is 9.90 Å². The van der Waals surface area contributed by atoms with Crippen LogP contribution in [0.15, 0.2) is 4.99 Å². The van der Waals surface area contributed by atoms with Crippen LogP contribution in [-0.4, -0.2) is 29.0 Å². The van der Waals surface area contributed by atoms with Crippen LogP contribution in [-0.2, 0) is 4.79 Å². The highest BCUT2D eigenvalue weighted by Crippen LogP contribution is 2.42. The lowest BCUT2D eigenvalue weighted by atomic mass is 9.65. The molecular weight excluding hydrogens is 300 g/mol. The van der Waals surface area contributed by atoms with Gasteiger partial charge in [0.2, 0.25) is 0 Å². The van der Waals surface area contributed by atoms with Gasteiger partial charge in [-0.25, -0.2) is 4.99 Å². The van der Waals surface area contributed by atoms with Crippen molar-refractivity contribution in [2.24, 2.45) is 21.7 Å². The van der Waals surface area contributed by atoms with Crippen molar-refractivity contribution in [2.75, 3.05) is 6.61 Å². The van der Waals surface area contributed by atoms with Crippen molar-refractivity contribution in [2.45, 2.75) is 85.0 Å². The van der Waals surface area contributed by atoms with E-state index in [0.717, 1.165) is 37.3 Å². The quantitative estimate of drug-likeness (QED) is 0.607. The van der Waals surface area contributed by atoms with Gasteiger partial charge in [0.15, 0.2) is 0 Å². The molecule has 2 N–H and O–H groups in total. The molecule has 1 amide bonds. The summed E-state index contributed by atoms with van der Waals surface area (Å²) in [5.41, 5.74) is 0.741. The average Bonchev–Trinajstić information content (AvgIpc) is 2.40. The van der Waals surface area contributed by atoms with Gasteiger partial charge in [0, 0.05) is 22.3 Å². The number of amides is 1. The minimum Gasteiger partial charge on any atom is -0.395 e. The summed E-state index contributed by atoms with van der Waals surface area (Å²) in [5, 5.41) is 17.7. The van der Waals surface area contributed by atoms with Crippen LogP contribution < -0.4 is 0 Å². The first-order chi connectivity index (χ1) is 11.3. The molecule has 0 heterocycles. The van der Waals surface area contributed by atoms with Gasteiger partial charge in [-0.3, -0.25) is 4.79 Å². The Kier molecular flexibility index (Phi) is 6.35. The number of aliphatic hydroxyl groups is 1. The van der Waals surface area contributed by atoms with Crippen molar-refractivity contribution >= 4 is 17.3 Å². The largest absolute Gasteiger partial charge is 0.395 e. The first-order valence-corrected chi connectivity index (χ1v) is 9.56. The van der Waals surface area contributed by atoms with Gasteiger partial charge < -0.3 is 10.5 Å². The molecule has 0 aromatic heterocycles. The molecule has 24 heavy (non-hydrogen) atoms. The number of rotatable bonds is 9. The molecule has 0 atom stereocenters. The van der Waals surface area contributed by atoms with Crippen molar-refractivity contribution in [3.05, 3.63) is 0 Å². The van der Waals surface area contributed by atoms with Crippen LogP contribution in [0.2, 0.25) is 0 Å². The van der Waals surface area contributed by atoms with E-state index in [1.165, 1.54) is 32.1 Å². The van der Waals surface area contributed by atoms with E-state index < -0.39 is 5.41 Å². The normalized spacial score (nSPS) is 21.1. The fraction of sp³-hybridized carbons (Fsp3) is 0.850. The number of aliphatic imine (C=N–C) groups is 1. The molecule has 0 spiro atoms. The summed E-state index contributed by atoms with van der Waals surface area (Å²) in [6.45, 7) is 6.24. The zero-order valence-electron chi connectivity index (χ0n) is 15.7. The third-order valence-electron chi connectivity index (χ3n) is 6.49. The molecule has 2 saturated carbocycles. The fourth-order valence-electron chi connectivity index (χ4n) is 3.67. The third kappa shape index (κ3) is 4.53. The predicted molar refractivity (Wildman–Crippen MR) is 98.8 cm³/mol. The second-order valence-electron chi connectivity index (χ2n) is 8.61. The Labute approximate surface area is 146 Å². The molecule has 0 saturated heterocycles. The van der Waals surface area contributed by atoms with Gasteiger partial charge in [0.1, 0.15) is 0 Å². The Morgan fingerprint density at radius 3 is 2.42 bits per heavy atom. The summed E-state index contributed by atoms with van der Waals surface area (Å²) in [7, 11) is 0. The summed E-state index contributed by atoms with van der Waals surface area (Å²) < 4.78 is 0. The SMILES string of the molecule is CC(=NC(=O)CC(=N)C1(CO)CCC1)C(C)(C)CCCC1CCC1. The van der Waals surface area contributed by atoms with Crippen LogP contribution in [0.3, 0.4) is 0 Å². The number of nitrogens with one attached hydrogen (secondary N) is 1. The smallest absolute Gasteiger partial charge is 0.251 e. The molecule has 2 rings (SSSR count). The topological polar surface area (TPSA) is 73.5 Å². The highest BCUT2D eigenvalue weighted by atomic mass is 16.3. The molecule has 0 radical (unpaired) electrons.